The number of ether oxygens (including phenoxy) is 1. The number of nitrogens with one attached hydrogen (secondary N) is 1. The summed E-state index contributed by atoms with van der Waals surface area (Å²) in [5.41, 5.74) is 8.75. The smallest absolute Gasteiger partial charge is 0.361 e. The third kappa shape index (κ3) is 3.34. The van der Waals surface area contributed by atoms with Gasteiger partial charge in [0.2, 0.25) is 0 Å². The fraction of sp³-hybridized carbons (Fsp3) is 0.294. The van der Waals surface area contributed by atoms with Crippen LogP contribution in [0.5, 0.6) is 0 Å². The fourth-order valence-corrected chi connectivity index (χ4v) is 2.67. The molecule has 1 aromatic carbocycles. The van der Waals surface area contributed by atoms with Crippen molar-refractivity contribution in [2.45, 2.75) is 32.3 Å². The van der Waals surface area contributed by atoms with Crippen LogP contribution in [-0.4, -0.2) is 27.9 Å². The maximum atomic E-state index is 12.2. The van der Waals surface area contributed by atoms with Crippen molar-refractivity contribution in [1.29, 1.82) is 0 Å². The third-order valence-corrected chi connectivity index (χ3v) is 3.94. The molecule has 1 heterocycles. The Hall–Kier alpha value is -2.96. The molecule has 0 saturated carbocycles. The van der Waals surface area contributed by atoms with Crippen LogP contribution >= 0.6 is 0 Å². The Balaban J connectivity index is 1.63. The summed E-state index contributed by atoms with van der Waals surface area (Å²) >= 11 is 0. The van der Waals surface area contributed by atoms with E-state index in [4.69, 9.17) is 10.5 Å². The molecule has 7 heteroatoms. The molecule has 2 aromatic rings. The van der Waals surface area contributed by atoms with Gasteiger partial charge in [-0.3, -0.25) is 4.79 Å². The van der Waals surface area contributed by atoms with Crippen LogP contribution in [0.25, 0.3) is 0 Å². The second-order valence-corrected chi connectivity index (χ2v) is 5.66. The number of anilines is 2. The molecule has 124 valence electrons. The van der Waals surface area contributed by atoms with Crippen molar-refractivity contribution in [3.8, 4) is 0 Å². The highest BCUT2D eigenvalue weighted by atomic mass is 16.5. The molecule has 0 aliphatic heterocycles. The van der Waals surface area contributed by atoms with Crippen molar-refractivity contribution in [2.24, 2.45) is 0 Å². The Kier molecular flexibility index (Phi) is 4.41. The quantitative estimate of drug-likeness (QED) is 0.829. The molecule has 3 rings (SSSR count). The third-order valence-electron chi connectivity index (χ3n) is 3.94. The summed E-state index contributed by atoms with van der Waals surface area (Å²) in [7, 11) is 0. The van der Waals surface area contributed by atoms with Gasteiger partial charge in [0.1, 0.15) is 0 Å². The number of rotatable bonds is 4. The molecule has 1 aliphatic rings. The molecule has 0 radical (unpaired) electrons. The zero-order chi connectivity index (χ0) is 17.1. The van der Waals surface area contributed by atoms with E-state index < -0.39 is 18.0 Å². The van der Waals surface area contributed by atoms with E-state index in [-0.39, 0.29) is 11.5 Å². The molecule has 1 unspecified atom stereocenters. The van der Waals surface area contributed by atoms with Gasteiger partial charge in [0.15, 0.2) is 17.6 Å². The summed E-state index contributed by atoms with van der Waals surface area (Å²) in [5, 5.41) is 2.76. The van der Waals surface area contributed by atoms with Crippen LogP contribution in [0.15, 0.2) is 30.6 Å². The molecule has 0 bridgehead atoms. The molecule has 0 spiro atoms. The Morgan fingerprint density at radius 1 is 1.21 bits per heavy atom. The minimum atomic E-state index is -0.979. The Morgan fingerprint density at radius 2 is 1.96 bits per heavy atom. The van der Waals surface area contributed by atoms with Gasteiger partial charge in [0.05, 0.1) is 0 Å². The first-order chi connectivity index (χ1) is 11.5. The number of nitrogen functional groups attached to an aromatic ring is 1. The average molecular weight is 326 g/mol. The van der Waals surface area contributed by atoms with Gasteiger partial charge in [-0.25, -0.2) is 14.8 Å². The van der Waals surface area contributed by atoms with Gasteiger partial charge < -0.3 is 15.8 Å². The number of esters is 1. The highest BCUT2D eigenvalue weighted by molar-refractivity contribution is 5.98. The monoisotopic (exact) mass is 326 g/mol. The number of aromatic nitrogens is 2. The summed E-state index contributed by atoms with van der Waals surface area (Å²) in [6.45, 7) is 1.49. The van der Waals surface area contributed by atoms with Crippen LogP contribution in [-0.2, 0) is 22.4 Å². The van der Waals surface area contributed by atoms with Crippen molar-refractivity contribution in [2.75, 3.05) is 11.1 Å². The van der Waals surface area contributed by atoms with E-state index in [2.05, 4.69) is 15.3 Å². The summed E-state index contributed by atoms with van der Waals surface area (Å²) in [4.78, 5) is 31.8. The molecular weight excluding hydrogens is 308 g/mol. The lowest BCUT2D eigenvalue weighted by Crippen LogP contribution is -2.30. The lowest BCUT2D eigenvalue weighted by Gasteiger charge is -2.14. The minimum absolute atomic E-state index is 0.0336. The van der Waals surface area contributed by atoms with Crippen molar-refractivity contribution in [3.63, 3.8) is 0 Å². The second-order valence-electron chi connectivity index (χ2n) is 5.66. The second kappa shape index (κ2) is 6.66. The van der Waals surface area contributed by atoms with E-state index in [0.717, 1.165) is 19.3 Å². The van der Waals surface area contributed by atoms with Gasteiger partial charge >= 0.3 is 5.97 Å². The molecular formula is C17H18N4O3. The Labute approximate surface area is 139 Å². The molecule has 3 N–H and O–H groups in total. The van der Waals surface area contributed by atoms with Crippen LogP contribution in [0.3, 0.4) is 0 Å². The first-order valence-corrected chi connectivity index (χ1v) is 7.74. The van der Waals surface area contributed by atoms with Crippen molar-refractivity contribution >= 4 is 23.4 Å². The first kappa shape index (κ1) is 15.9. The molecule has 0 saturated heterocycles. The minimum Gasteiger partial charge on any atom is -0.448 e. The van der Waals surface area contributed by atoms with Crippen LogP contribution in [0.2, 0.25) is 0 Å². The van der Waals surface area contributed by atoms with Crippen LogP contribution < -0.4 is 11.1 Å². The number of benzene rings is 1. The molecule has 0 fully saturated rings. The lowest BCUT2D eigenvalue weighted by molar-refractivity contribution is -0.123. The van der Waals surface area contributed by atoms with Gasteiger partial charge in [-0.2, -0.15) is 0 Å². The standard InChI is InChI=1S/C17H18N4O3/c1-10(24-17(23)14-15(18)20-8-7-19-14)16(22)21-13-6-5-11-3-2-4-12(11)9-13/h5-10H,2-4H2,1H3,(H2,18,20)(H,21,22). The van der Waals surface area contributed by atoms with Crippen LogP contribution in [0, 0.1) is 0 Å². The zero-order valence-corrected chi connectivity index (χ0v) is 13.3. The van der Waals surface area contributed by atoms with Gasteiger partial charge in [0.25, 0.3) is 5.91 Å². The van der Waals surface area contributed by atoms with Crippen LogP contribution in [0.1, 0.15) is 35.0 Å². The van der Waals surface area contributed by atoms with Gasteiger partial charge in [-0.05, 0) is 49.4 Å². The fourth-order valence-electron chi connectivity index (χ4n) is 2.67. The normalized spacial score (nSPS) is 13.9. The number of nitrogens with two attached hydrogens (primary N) is 1. The predicted octanol–water partition coefficient (Wildman–Crippen LogP) is 1.73. The zero-order valence-electron chi connectivity index (χ0n) is 13.3. The summed E-state index contributed by atoms with van der Waals surface area (Å²) in [6.07, 6.45) is 4.97. The maximum absolute atomic E-state index is 12.2. The topological polar surface area (TPSA) is 107 Å². The van der Waals surface area contributed by atoms with Crippen molar-refractivity contribution in [3.05, 3.63) is 47.4 Å². The predicted molar refractivity (Wildman–Crippen MR) is 88.4 cm³/mol. The van der Waals surface area contributed by atoms with E-state index in [1.54, 1.807) is 0 Å². The highest BCUT2D eigenvalue weighted by Gasteiger charge is 2.22. The van der Waals surface area contributed by atoms with Crippen molar-refractivity contribution in [1.82, 2.24) is 9.97 Å². The first-order valence-electron chi connectivity index (χ1n) is 7.74. The molecule has 7 nitrogen and oxygen atoms in total. The summed E-state index contributed by atoms with van der Waals surface area (Å²) in [5.74, 6) is -1.23. The Bertz CT molecular complexity index is 791. The molecule has 1 aromatic heterocycles. The van der Waals surface area contributed by atoms with E-state index in [9.17, 15) is 9.59 Å². The van der Waals surface area contributed by atoms with Gasteiger partial charge in [-0.1, -0.05) is 6.07 Å². The number of fused-ring (bicyclic) bond motifs is 1. The number of amides is 1. The summed E-state index contributed by atoms with van der Waals surface area (Å²) in [6, 6.07) is 5.85. The number of carbonyl (C=O) groups excluding carboxylic acids is 2. The molecule has 1 aliphatic carbocycles. The van der Waals surface area contributed by atoms with E-state index in [1.807, 2.05) is 18.2 Å². The number of nitrogens with zero attached hydrogens (tertiary/aromatic N) is 2. The SMILES string of the molecule is CC(OC(=O)c1nccnc1N)C(=O)Nc1ccc2c(c1)CCC2. The number of hydrogen-bond acceptors (Lipinski definition) is 6. The lowest BCUT2D eigenvalue weighted by atomic mass is 10.1. The van der Waals surface area contributed by atoms with Gasteiger partial charge in [0, 0.05) is 18.1 Å². The molecule has 1 amide bonds. The molecule has 1 atom stereocenters. The van der Waals surface area contributed by atoms with Gasteiger partial charge in [-0.15, -0.1) is 0 Å². The maximum Gasteiger partial charge on any atom is 0.361 e. The average Bonchev–Trinajstić information content (AvgIpc) is 3.02. The van der Waals surface area contributed by atoms with E-state index in [0.29, 0.717) is 5.69 Å². The van der Waals surface area contributed by atoms with E-state index in [1.165, 1.54) is 30.4 Å². The van der Waals surface area contributed by atoms with Crippen molar-refractivity contribution < 1.29 is 14.3 Å². The number of carbonyl (C=O) groups is 2. The van der Waals surface area contributed by atoms with E-state index >= 15 is 0 Å². The van der Waals surface area contributed by atoms with Crippen LogP contribution in [0.4, 0.5) is 11.5 Å². The summed E-state index contributed by atoms with van der Waals surface area (Å²) < 4.78 is 5.11. The number of hydrogen-bond donors (Lipinski definition) is 2. The number of aryl methyl sites for hydroxylation is 2. The largest absolute Gasteiger partial charge is 0.448 e. The Morgan fingerprint density at radius 3 is 2.75 bits per heavy atom. The highest BCUT2D eigenvalue weighted by Crippen LogP contribution is 2.25. The molecule has 24 heavy (non-hydrogen) atoms.